The monoisotopic (exact) mass is 216 g/mol. The van der Waals surface area contributed by atoms with E-state index < -0.39 is 0 Å². The molecule has 1 aliphatic carbocycles. The lowest BCUT2D eigenvalue weighted by Crippen LogP contribution is -2.13. The first-order valence-corrected chi connectivity index (χ1v) is 5.01. The molecule has 4 heteroatoms. The third-order valence-corrected chi connectivity index (χ3v) is 2.85. The molecule has 1 aromatic heterocycles. The topological polar surface area (TPSA) is 38.9 Å². The highest BCUT2D eigenvalue weighted by Crippen LogP contribution is 2.41. The van der Waals surface area contributed by atoms with Gasteiger partial charge in [-0.3, -0.25) is 0 Å². The highest BCUT2D eigenvalue weighted by molar-refractivity contribution is 6.32. The van der Waals surface area contributed by atoms with Crippen LogP contribution in [0.4, 0.5) is 0 Å². The Kier molecular flexibility index (Phi) is 2.45. The van der Waals surface area contributed by atoms with Crippen molar-refractivity contribution in [1.29, 1.82) is 0 Å². The molecule has 2 rings (SSSR count). The maximum absolute atomic E-state index is 5.98. The van der Waals surface area contributed by atoms with Crippen molar-refractivity contribution in [1.82, 2.24) is 4.98 Å². The summed E-state index contributed by atoms with van der Waals surface area (Å²) in [5.74, 6) is 0.584. The van der Waals surface area contributed by atoms with E-state index in [1.807, 2.05) is 6.07 Å². The molecule has 1 heterocycles. The van der Waals surface area contributed by atoms with Crippen LogP contribution in [0, 0.1) is 5.92 Å². The van der Waals surface area contributed by atoms with Crippen molar-refractivity contribution in [3.8, 4) is 0 Å². The summed E-state index contributed by atoms with van der Waals surface area (Å²) in [7, 11) is 0. The molecule has 2 nitrogen and oxygen atoms in total. The minimum atomic E-state index is 0.0252. The summed E-state index contributed by atoms with van der Waals surface area (Å²) >= 11 is 11.6. The number of aromatic nitrogens is 1. The van der Waals surface area contributed by atoms with Gasteiger partial charge in [-0.05, 0) is 24.8 Å². The van der Waals surface area contributed by atoms with E-state index in [0.717, 1.165) is 5.56 Å². The van der Waals surface area contributed by atoms with E-state index in [0.29, 0.717) is 16.2 Å². The zero-order valence-corrected chi connectivity index (χ0v) is 8.52. The molecule has 2 N–H and O–H groups in total. The lowest BCUT2D eigenvalue weighted by molar-refractivity contribution is 0.631. The predicted molar refractivity (Wildman–Crippen MR) is 53.9 cm³/mol. The molecule has 0 aromatic carbocycles. The Balaban J connectivity index is 2.28. The maximum atomic E-state index is 5.98. The minimum Gasteiger partial charge on any atom is -0.324 e. The highest BCUT2D eigenvalue weighted by atomic mass is 35.5. The van der Waals surface area contributed by atoms with E-state index >= 15 is 0 Å². The Morgan fingerprint density at radius 2 is 2.08 bits per heavy atom. The SMILES string of the molecule is N[C@@H](c1ccc(Cl)nc1Cl)C1CC1. The summed E-state index contributed by atoms with van der Waals surface area (Å²) in [6, 6.07) is 3.61. The van der Waals surface area contributed by atoms with Crippen LogP contribution in [-0.2, 0) is 0 Å². The summed E-state index contributed by atoms with van der Waals surface area (Å²) in [5, 5.41) is 0.851. The largest absolute Gasteiger partial charge is 0.324 e. The lowest BCUT2D eigenvalue weighted by atomic mass is 10.1. The molecule has 0 aliphatic heterocycles. The minimum absolute atomic E-state index is 0.0252. The molecule has 1 aromatic rings. The smallest absolute Gasteiger partial charge is 0.135 e. The molecule has 0 bridgehead atoms. The van der Waals surface area contributed by atoms with Crippen LogP contribution in [0.25, 0.3) is 0 Å². The van der Waals surface area contributed by atoms with Gasteiger partial charge in [0.1, 0.15) is 10.3 Å². The molecular formula is C9H10Cl2N2. The quantitative estimate of drug-likeness (QED) is 0.773. The van der Waals surface area contributed by atoms with E-state index in [2.05, 4.69) is 4.98 Å². The van der Waals surface area contributed by atoms with Gasteiger partial charge in [-0.1, -0.05) is 29.3 Å². The number of nitrogens with two attached hydrogens (primary N) is 1. The molecule has 70 valence electrons. The molecule has 0 spiro atoms. The molecule has 0 unspecified atom stereocenters. The van der Waals surface area contributed by atoms with Crippen molar-refractivity contribution in [3.63, 3.8) is 0 Å². The molecular weight excluding hydrogens is 207 g/mol. The molecule has 0 amide bonds. The highest BCUT2D eigenvalue weighted by Gasteiger charge is 2.30. The Labute approximate surface area is 87.1 Å². The van der Waals surface area contributed by atoms with Crippen molar-refractivity contribution in [2.24, 2.45) is 11.7 Å². The van der Waals surface area contributed by atoms with E-state index in [-0.39, 0.29) is 6.04 Å². The van der Waals surface area contributed by atoms with Crippen LogP contribution in [0.15, 0.2) is 12.1 Å². The van der Waals surface area contributed by atoms with Gasteiger partial charge in [0.15, 0.2) is 0 Å². The zero-order valence-electron chi connectivity index (χ0n) is 7.00. The van der Waals surface area contributed by atoms with Crippen LogP contribution in [0.1, 0.15) is 24.4 Å². The second-order valence-electron chi connectivity index (χ2n) is 3.38. The summed E-state index contributed by atoms with van der Waals surface area (Å²) in [4.78, 5) is 3.96. The van der Waals surface area contributed by atoms with Gasteiger partial charge in [0.05, 0.1) is 0 Å². The maximum Gasteiger partial charge on any atom is 0.135 e. The van der Waals surface area contributed by atoms with E-state index in [9.17, 15) is 0 Å². The molecule has 0 saturated heterocycles. The van der Waals surface area contributed by atoms with Crippen molar-refractivity contribution in [2.45, 2.75) is 18.9 Å². The molecule has 1 atom stereocenters. The fourth-order valence-corrected chi connectivity index (χ4v) is 1.85. The van der Waals surface area contributed by atoms with Crippen LogP contribution in [0.5, 0.6) is 0 Å². The average molecular weight is 217 g/mol. The first kappa shape index (κ1) is 9.25. The number of hydrogen-bond acceptors (Lipinski definition) is 2. The van der Waals surface area contributed by atoms with Gasteiger partial charge in [0.25, 0.3) is 0 Å². The van der Waals surface area contributed by atoms with E-state index in [4.69, 9.17) is 28.9 Å². The van der Waals surface area contributed by atoms with Gasteiger partial charge in [0.2, 0.25) is 0 Å². The zero-order chi connectivity index (χ0) is 9.42. The van der Waals surface area contributed by atoms with Crippen LogP contribution >= 0.6 is 23.2 Å². The number of hydrogen-bond donors (Lipinski definition) is 1. The van der Waals surface area contributed by atoms with Gasteiger partial charge in [-0.2, -0.15) is 0 Å². The van der Waals surface area contributed by atoms with Crippen molar-refractivity contribution < 1.29 is 0 Å². The van der Waals surface area contributed by atoms with Crippen molar-refractivity contribution >= 4 is 23.2 Å². The Morgan fingerprint density at radius 1 is 1.38 bits per heavy atom. The summed E-state index contributed by atoms with van der Waals surface area (Å²) in [5.41, 5.74) is 6.89. The summed E-state index contributed by atoms with van der Waals surface area (Å²) in [6.07, 6.45) is 2.39. The molecule has 13 heavy (non-hydrogen) atoms. The number of rotatable bonds is 2. The molecule has 0 radical (unpaired) electrons. The molecule has 1 fully saturated rings. The van der Waals surface area contributed by atoms with Crippen LogP contribution in [0.2, 0.25) is 10.3 Å². The van der Waals surface area contributed by atoms with Gasteiger partial charge < -0.3 is 5.73 Å². The summed E-state index contributed by atoms with van der Waals surface area (Å²) in [6.45, 7) is 0. The molecule has 1 saturated carbocycles. The summed E-state index contributed by atoms with van der Waals surface area (Å²) < 4.78 is 0. The van der Waals surface area contributed by atoms with Gasteiger partial charge in [-0.25, -0.2) is 4.98 Å². The number of nitrogens with zero attached hydrogens (tertiary/aromatic N) is 1. The molecule has 1 aliphatic rings. The second kappa shape index (κ2) is 3.45. The van der Waals surface area contributed by atoms with Gasteiger partial charge in [0, 0.05) is 11.6 Å². The third kappa shape index (κ3) is 1.96. The fraction of sp³-hybridized carbons (Fsp3) is 0.444. The third-order valence-electron chi connectivity index (χ3n) is 2.33. The number of pyridine rings is 1. The van der Waals surface area contributed by atoms with Gasteiger partial charge >= 0.3 is 0 Å². The van der Waals surface area contributed by atoms with Crippen LogP contribution < -0.4 is 5.73 Å². The normalized spacial score (nSPS) is 18.7. The Bertz CT molecular complexity index is 323. The van der Waals surface area contributed by atoms with Crippen LogP contribution in [0.3, 0.4) is 0 Å². The number of halogens is 2. The first-order valence-electron chi connectivity index (χ1n) is 4.26. The van der Waals surface area contributed by atoms with Crippen molar-refractivity contribution in [3.05, 3.63) is 28.0 Å². The van der Waals surface area contributed by atoms with E-state index in [1.165, 1.54) is 12.8 Å². The van der Waals surface area contributed by atoms with Crippen LogP contribution in [-0.4, -0.2) is 4.98 Å². The predicted octanol–water partition coefficient (Wildman–Crippen LogP) is 2.80. The standard InChI is InChI=1S/C9H10Cl2N2/c10-7-4-3-6(9(11)13-7)8(12)5-1-2-5/h3-5,8H,1-2,12H2/t8-/m1/s1. The fourth-order valence-electron chi connectivity index (χ4n) is 1.38. The second-order valence-corrected chi connectivity index (χ2v) is 4.12. The van der Waals surface area contributed by atoms with E-state index in [1.54, 1.807) is 6.07 Å². The Morgan fingerprint density at radius 3 is 2.62 bits per heavy atom. The lowest BCUT2D eigenvalue weighted by Gasteiger charge is -2.11. The first-order chi connectivity index (χ1) is 6.18. The average Bonchev–Trinajstić information content (AvgIpc) is 2.85. The van der Waals surface area contributed by atoms with Crippen molar-refractivity contribution in [2.75, 3.05) is 0 Å². The Hall–Kier alpha value is -0.310. The van der Waals surface area contributed by atoms with Gasteiger partial charge in [-0.15, -0.1) is 0 Å².